The third kappa shape index (κ3) is 5.05. The van der Waals surface area contributed by atoms with Gasteiger partial charge in [-0.3, -0.25) is 4.79 Å². The van der Waals surface area contributed by atoms with Crippen molar-refractivity contribution >= 4 is 27.3 Å². The third-order valence-electron chi connectivity index (χ3n) is 3.33. The SMILES string of the molecule is COc1ccc(/C(C)=N/NS(=O)(=O)c2ccc(NC(C)=O)cc2)cc1. The summed E-state index contributed by atoms with van der Waals surface area (Å²) in [6, 6.07) is 12.9. The molecule has 132 valence electrons. The van der Waals surface area contributed by atoms with Gasteiger partial charge >= 0.3 is 0 Å². The molecule has 0 radical (unpaired) electrons. The second kappa shape index (κ2) is 7.80. The van der Waals surface area contributed by atoms with Crippen LogP contribution < -0.4 is 14.9 Å². The molecule has 0 heterocycles. The van der Waals surface area contributed by atoms with E-state index in [1.807, 2.05) is 0 Å². The summed E-state index contributed by atoms with van der Waals surface area (Å²) in [5.41, 5.74) is 1.80. The summed E-state index contributed by atoms with van der Waals surface area (Å²) in [4.78, 5) is 13.2. The first kappa shape index (κ1) is 18.5. The molecule has 0 bridgehead atoms. The van der Waals surface area contributed by atoms with E-state index >= 15 is 0 Å². The fourth-order valence-electron chi connectivity index (χ4n) is 2.00. The third-order valence-corrected chi connectivity index (χ3v) is 4.55. The van der Waals surface area contributed by atoms with Gasteiger partial charge in [0.2, 0.25) is 5.91 Å². The summed E-state index contributed by atoms with van der Waals surface area (Å²) < 4.78 is 29.6. The Morgan fingerprint density at radius 2 is 1.60 bits per heavy atom. The summed E-state index contributed by atoms with van der Waals surface area (Å²) in [5, 5.41) is 6.51. The number of nitrogens with zero attached hydrogens (tertiary/aromatic N) is 1. The number of methoxy groups -OCH3 is 1. The molecule has 0 saturated carbocycles. The highest BCUT2D eigenvalue weighted by Gasteiger charge is 2.13. The number of nitrogens with one attached hydrogen (secondary N) is 2. The second-order valence-electron chi connectivity index (χ2n) is 5.23. The van der Waals surface area contributed by atoms with Crippen LogP contribution in [0.5, 0.6) is 5.75 Å². The van der Waals surface area contributed by atoms with Crippen molar-refractivity contribution in [2.24, 2.45) is 5.10 Å². The van der Waals surface area contributed by atoms with Crippen molar-refractivity contribution in [2.75, 3.05) is 12.4 Å². The molecule has 7 nitrogen and oxygen atoms in total. The van der Waals surface area contributed by atoms with Crippen molar-refractivity contribution in [3.63, 3.8) is 0 Å². The Labute approximate surface area is 146 Å². The standard InChI is InChI=1S/C17H19N3O4S/c1-12(14-4-8-16(24-3)9-5-14)19-20-25(22,23)17-10-6-15(7-11-17)18-13(2)21/h4-11,20H,1-3H3,(H,18,21)/b19-12+. The number of sulfonamides is 1. The Kier molecular flexibility index (Phi) is 5.76. The maximum absolute atomic E-state index is 12.3. The minimum atomic E-state index is -3.80. The van der Waals surface area contributed by atoms with E-state index < -0.39 is 10.0 Å². The smallest absolute Gasteiger partial charge is 0.276 e. The molecule has 2 aromatic rings. The van der Waals surface area contributed by atoms with E-state index in [0.29, 0.717) is 17.1 Å². The molecule has 25 heavy (non-hydrogen) atoms. The van der Waals surface area contributed by atoms with Gasteiger partial charge in [-0.2, -0.15) is 18.4 Å². The van der Waals surface area contributed by atoms with Gasteiger partial charge in [0.05, 0.1) is 17.7 Å². The number of carbonyl (C=O) groups excluding carboxylic acids is 1. The highest BCUT2D eigenvalue weighted by molar-refractivity contribution is 7.89. The zero-order chi connectivity index (χ0) is 18.4. The molecule has 0 atom stereocenters. The van der Waals surface area contributed by atoms with Gasteiger partial charge in [0.15, 0.2) is 0 Å². The van der Waals surface area contributed by atoms with E-state index in [1.165, 1.54) is 31.2 Å². The van der Waals surface area contributed by atoms with Crippen molar-refractivity contribution in [1.82, 2.24) is 4.83 Å². The van der Waals surface area contributed by atoms with Crippen LogP contribution in [0.3, 0.4) is 0 Å². The van der Waals surface area contributed by atoms with Gasteiger partial charge in [-0.05, 0) is 61.0 Å². The molecule has 2 aromatic carbocycles. The van der Waals surface area contributed by atoms with E-state index in [0.717, 1.165) is 5.56 Å². The van der Waals surface area contributed by atoms with Gasteiger partial charge in [0.1, 0.15) is 5.75 Å². The lowest BCUT2D eigenvalue weighted by atomic mass is 10.1. The normalized spacial score (nSPS) is 11.7. The van der Waals surface area contributed by atoms with Crippen molar-refractivity contribution in [3.8, 4) is 5.75 Å². The highest BCUT2D eigenvalue weighted by Crippen LogP contribution is 2.15. The number of carbonyl (C=O) groups is 1. The predicted molar refractivity (Wildman–Crippen MR) is 96.3 cm³/mol. The molecule has 0 aliphatic carbocycles. The van der Waals surface area contributed by atoms with Gasteiger partial charge in [-0.1, -0.05) is 0 Å². The summed E-state index contributed by atoms with van der Waals surface area (Å²) >= 11 is 0. The monoisotopic (exact) mass is 361 g/mol. The first-order valence-corrected chi connectivity index (χ1v) is 8.88. The zero-order valence-electron chi connectivity index (χ0n) is 14.1. The van der Waals surface area contributed by atoms with Gasteiger partial charge in [-0.25, -0.2) is 0 Å². The predicted octanol–water partition coefficient (Wildman–Crippen LogP) is 2.36. The van der Waals surface area contributed by atoms with Crippen molar-refractivity contribution < 1.29 is 17.9 Å². The minimum Gasteiger partial charge on any atom is -0.497 e. The van der Waals surface area contributed by atoms with Crippen LogP contribution in [0.15, 0.2) is 58.5 Å². The average molecular weight is 361 g/mol. The molecule has 2 rings (SSSR count). The van der Waals surface area contributed by atoms with Crippen LogP contribution in [0, 0.1) is 0 Å². The van der Waals surface area contributed by atoms with Gasteiger partial charge in [0, 0.05) is 12.6 Å². The van der Waals surface area contributed by atoms with Crippen LogP contribution in [0.2, 0.25) is 0 Å². The molecule has 8 heteroatoms. The number of anilines is 1. The number of rotatable bonds is 6. The summed E-state index contributed by atoms with van der Waals surface area (Å²) in [6.07, 6.45) is 0. The fourth-order valence-corrected chi connectivity index (χ4v) is 2.86. The van der Waals surface area contributed by atoms with Gasteiger partial charge in [0.25, 0.3) is 10.0 Å². The second-order valence-corrected chi connectivity index (χ2v) is 6.89. The van der Waals surface area contributed by atoms with E-state index in [9.17, 15) is 13.2 Å². The first-order valence-electron chi connectivity index (χ1n) is 7.40. The van der Waals surface area contributed by atoms with Crippen LogP contribution in [-0.4, -0.2) is 27.1 Å². The quantitative estimate of drug-likeness (QED) is 0.610. The molecular weight excluding hydrogens is 342 g/mol. The number of ether oxygens (including phenoxy) is 1. The molecule has 0 aromatic heterocycles. The molecule has 1 amide bonds. The summed E-state index contributed by atoms with van der Waals surface area (Å²) in [5.74, 6) is 0.477. The van der Waals surface area contributed by atoms with Crippen molar-refractivity contribution in [1.29, 1.82) is 0 Å². The van der Waals surface area contributed by atoms with E-state index in [-0.39, 0.29) is 10.8 Å². The van der Waals surface area contributed by atoms with Crippen molar-refractivity contribution in [3.05, 3.63) is 54.1 Å². The Morgan fingerprint density at radius 3 is 2.12 bits per heavy atom. The lowest BCUT2D eigenvalue weighted by Crippen LogP contribution is -2.20. The van der Waals surface area contributed by atoms with Gasteiger partial charge in [-0.15, -0.1) is 0 Å². The summed E-state index contributed by atoms with van der Waals surface area (Å²) in [6.45, 7) is 3.08. The lowest BCUT2D eigenvalue weighted by molar-refractivity contribution is -0.114. The number of hydrazone groups is 1. The Hall–Kier alpha value is -2.87. The molecule has 0 unspecified atom stereocenters. The van der Waals surface area contributed by atoms with Crippen molar-refractivity contribution in [2.45, 2.75) is 18.7 Å². The minimum absolute atomic E-state index is 0.0490. The summed E-state index contributed by atoms with van der Waals surface area (Å²) in [7, 11) is -2.23. The number of amides is 1. The van der Waals surface area contributed by atoms with Crippen LogP contribution >= 0.6 is 0 Å². The van der Waals surface area contributed by atoms with Crippen LogP contribution in [-0.2, 0) is 14.8 Å². The molecule has 0 spiro atoms. The number of hydrogen-bond donors (Lipinski definition) is 2. The average Bonchev–Trinajstić information content (AvgIpc) is 2.60. The van der Waals surface area contributed by atoms with E-state index in [1.54, 1.807) is 38.3 Å². The van der Waals surface area contributed by atoms with E-state index in [4.69, 9.17) is 4.74 Å². The molecule has 0 aliphatic rings. The van der Waals surface area contributed by atoms with Crippen LogP contribution in [0.25, 0.3) is 0 Å². The molecule has 2 N–H and O–H groups in total. The molecule has 0 fully saturated rings. The number of benzene rings is 2. The first-order chi connectivity index (χ1) is 11.8. The molecule has 0 aliphatic heterocycles. The van der Waals surface area contributed by atoms with Crippen LogP contribution in [0.4, 0.5) is 5.69 Å². The lowest BCUT2D eigenvalue weighted by Gasteiger charge is -2.07. The molecule has 0 saturated heterocycles. The van der Waals surface area contributed by atoms with Gasteiger partial charge < -0.3 is 10.1 Å². The maximum atomic E-state index is 12.3. The highest BCUT2D eigenvalue weighted by atomic mass is 32.2. The topological polar surface area (TPSA) is 96.9 Å². The Morgan fingerprint density at radius 1 is 1.00 bits per heavy atom. The van der Waals surface area contributed by atoms with E-state index in [2.05, 4.69) is 15.2 Å². The Balaban J connectivity index is 2.12. The Bertz CT molecular complexity index is 873. The number of hydrogen-bond acceptors (Lipinski definition) is 5. The maximum Gasteiger partial charge on any atom is 0.276 e. The fraction of sp³-hybridized carbons (Fsp3) is 0.176. The molecular formula is C17H19N3O4S. The largest absolute Gasteiger partial charge is 0.497 e. The zero-order valence-corrected chi connectivity index (χ0v) is 14.9. The van der Waals surface area contributed by atoms with Crippen LogP contribution in [0.1, 0.15) is 19.4 Å².